The molecule has 2 aliphatic heterocycles. The lowest BCUT2D eigenvalue weighted by molar-refractivity contribution is 0.0676. The van der Waals surface area contributed by atoms with Gasteiger partial charge in [0.05, 0.1) is 12.6 Å². The van der Waals surface area contributed by atoms with Gasteiger partial charge in [0.25, 0.3) is 0 Å². The highest BCUT2D eigenvalue weighted by Gasteiger charge is 2.17. The van der Waals surface area contributed by atoms with E-state index in [2.05, 4.69) is 59.5 Å². The summed E-state index contributed by atoms with van der Waals surface area (Å²) >= 11 is 0. The number of nitrogens with zero attached hydrogens (tertiary/aromatic N) is 3. The standard InChI is InChI=1S/C25H43N5O2/c1-4-26-25(27-11-6-13-30-14-7-12-29(3)15-16-30)28-19-22-10-9-21(2)18-24(22)32-20-23-8-5-17-31-23/h9-10,18,23H,4-8,11-17,19-20H2,1-3H3,(H2,26,27,28). The molecule has 0 amide bonds. The van der Waals surface area contributed by atoms with Crippen molar-refractivity contribution < 1.29 is 9.47 Å². The van der Waals surface area contributed by atoms with Crippen LogP contribution >= 0.6 is 0 Å². The minimum Gasteiger partial charge on any atom is -0.491 e. The molecule has 0 bridgehead atoms. The highest BCUT2D eigenvalue weighted by Crippen LogP contribution is 2.23. The van der Waals surface area contributed by atoms with Gasteiger partial charge in [-0.1, -0.05) is 12.1 Å². The molecule has 2 fully saturated rings. The molecule has 2 heterocycles. The van der Waals surface area contributed by atoms with Gasteiger partial charge in [-0.2, -0.15) is 0 Å². The number of aliphatic imine (C=N–C) groups is 1. The van der Waals surface area contributed by atoms with Crippen LogP contribution in [0, 0.1) is 6.92 Å². The molecule has 0 aromatic heterocycles. The molecule has 0 spiro atoms. The quantitative estimate of drug-likeness (QED) is 0.328. The summed E-state index contributed by atoms with van der Waals surface area (Å²) in [6, 6.07) is 6.37. The predicted molar refractivity (Wildman–Crippen MR) is 132 cm³/mol. The summed E-state index contributed by atoms with van der Waals surface area (Å²) in [5.74, 6) is 1.79. The van der Waals surface area contributed by atoms with Gasteiger partial charge >= 0.3 is 0 Å². The number of hydrogen-bond donors (Lipinski definition) is 2. The first kappa shape index (κ1) is 24.8. The van der Waals surface area contributed by atoms with Crippen molar-refractivity contribution in [1.29, 1.82) is 0 Å². The van der Waals surface area contributed by atoms with E-state index in [1.807, 2.05) is 0 Å². The van der Waals surface area contributed by atoms with Crippen LogP contribution < -0.4 is 15.4 Å². The Morgan fingerprint density at radius 2 is 2.09 bits per heavy atom. The number of benzene rings is 1. The van der Waals surface area contributed by atoms with E-state index < -0.39 is 0 Å². The first-order valence-electron chi connectivity index (χ1n) is 12.4. The molecule has 2 saturated heterocycles. The van der Waals surface area contributed by atoms with Crippen LogP contribution in [-0.4, -0.2) is 87.9 Å². The molecule has 1 aromatic rings. The topological polar surface area (TPSA) is 61.4 Å². The molecule has 0 radical (unpaired) electrons. The van der Waals surface area contributed by atoms with E-state index in [1.165, 1.54) is 38.2 Å². The second-order valence-corrected chi connectivity index (χ2v) is 9.03. The number of rotatable bonds is 10. The molecule has 0 saturated carbocycles. The molecular formula is C25H43N5O2. The lowest BCUT2D eigenvalue weighted by Crippen LogP contribution is -2.39. The predicted octanol–water partition coefficient (Wildman–Crippen LogP) is 2.64. The molecule has 1 aromatic carbocycles. The molecule has 1 unspecified atom stereocenters. The maximum atomic E-state index is 6.13. The van der Waals surface area contributed by atoms with Crippen LogP contribution in [0.5, 0.6) is 5.75 Å². The number of nitrogens with one attached hydrogen (secondary N) is 2. The summed E-state index contributed by atoms with van der Waals surface area (Å²) in [6.45, 7) is 13.9. The number of ether oxygens (including phenoxy) is 2. The van der Waals surface area contributed by atoms with Crippen LogP contribution in [0.25, 0.3) is 0 Å². The summed E-state index contributed by atoms with van der Waals surface area (Å²) in [5, 5.41) is 6.88. The Balaban J connectivity index is 1.48. The molecule has 7 heteroatoms. The van der Waals surface area contributed by atoms with Gasteiger partial charge in [0.1, 0.15) is 12.4 Å². The number of guanidine groups is 1. The normalized spacial score (nSPS) is 20.8. The van der Waals surface area contributed by atoms with Crippen LogP contribution in [0.2, 0.25) is 0 Å². The number of hydrogen-bond acceptors (Lipinski definition) is 5. The van der Waals surface area contributed by atoms with Crippen LogP contribution in [-0.2, 0) is 11.3 Å². The third kappa shape index (κ3) is 8.60. The SMILES string of the molecule is CCNC(=NCc1ccc(C)cc1OCC1CCCO1)NCCCN1CCCN(C)CC1. The number of likely N-dealkylation sites (N-methyl/N-ethyl adjacent to an activating group) is 1. The van der Waals surface area contributed by atoms with E-state index in [1.54, 1.807) is 0 Å². The molecule has 7 nitrogen and oxygen atoms in total. The minimum absolute atomic E-state index is 0.218. The fourth-order valence-corrected chi connectivity index (χ4v) is 4.22. The zero-order valence-electron chi connectivity index (χ0n) is 20.4. The monoisotopic (exact) mass is 445 g/mol. The Hall–Kier alpha value is -1.83. The summed E-state index contributed by atoms with van der Waals surface area (Å²) in [5.41, 5.74) is 2.31. The lowest BCUT2D eigenvalue weighted by atomic mass is 10.1. The largest absolute Gasteiger partial charge is 0.491 e. The zero-order chi connectivity index (χ0) is 22.6. The highest BCUT2D eigenvalue weighted by atomic mass is 16.5. The molecular weight excluding hydrogens is 402 g/mol. The summed E-state index contributed by atoms with van der Waals surface area (Å²) in [6.07, 6.45) is 4.82. The molecule has 1 atom stereocenters. The van der Waals surface area contributed by atoms with Gasteiger partial charge in [-0.25, -0.2) is 4.99 Å². The van der Waals surface area contributed by atoms with Crippen LogP contribution in [0.4, 0.5) is 0 Å². The molecule has 0 aliphatic carbocycles. The van der Waals surface area contributed by atoms with Crippen molar-refractivity contribution in [2.24, 2.45) is 4.99 Å². The van der Waals surface area contributed by atoms with Crippen molar-refractivity contribution in [2.75, 3.05) is 66.1 Å². The van der Waals surface area contributed by atoms with Crippen LogP contribution in [0.15, 0.2) is 23.2 Å². The Bertz CT molecular complexity index is 706. The highest BCUT2D eigenvalue weighted by molar-refractivity contribution is 5.79. The van der Waals surface area contributed by atoms with Crippen LogP contribution in [0.3, 0.4) is 0 Å². The van der Waals surface area contributed by atoms with Gasteiger partial charge in [0.2, 0.25) is 0 Å². The van der Waals surface area contributed by atoms with Crippen LogP contribution in [0.1, 0.15) is 43.7 Å². The van der Waals surface area contributed by atoms with Gasteiger partial charge < -0.3 is 29.9 Å². The van der Waals surface area contributed by atoms with Gasteiger partial charge in [-0.15, -0.1) is 0 Å². The third-order valence-electron chi connectivity index (χ3n) is 6.18. The Morgan fingerprint density at radius 3 is 2.91 bits per heavy atom. The molecule has 3 rings (SSSR count). The van der Waals surface area contributed by atoms with E-state index >= 15 is 0 Å². The second-order valence-electron chi connectivity index (χ2n) is 9.03. The first-order valence-corrected chi connectivity index (χ1v) is 12.4. The van der Waals surface area contributed by atoms with E-state index in [-0.39, 0.29) is 6.10 Å². The maximum absolute atomic E-state index is 6.13. The summed E-state index contributed by atoms with van der Waals surface area (Å²) in [4.78, 5) is 9.84. The van der Waals surface area contributed by atoms with Crippen molar-refractivity contribution in [2.45, 2.75) is 52.2 Å². The zero-order valence-corrected chi connectivity index (χ0v) is 20.4. The van der Waals surface area contributed by atoms with Gasteiger partial charge in [-0.05, 0) is 77.8 Å². The fraction of sp³-hybridized carbons (Fsp3) is 0.720. The van der Waals surface area contributed by atoms with E-state index in [0.29, 0.717) is 13.2 Å². The Kier molecular flexibility index (Phi) is 10.6. The van der Waals surface area contributed by atoms with Crippen molar-refractivity contribution in [3.63, 3.8) is 0 Å². The van der Waals surface area contributed by atoms with Crippen molar-refractivity contribution in [1.82, 2.24) is 20.4 Å². The van der Waals surface area contributed by atoms with Gasteiger partial charge in [-0.3, -0.25) is 0 Å². The van der Waals surface area contributed by atoms with E-state index in [9.17, 15) is 0 Å². The molecule has 180 valence electrons. The molecule has 2 N–H and O–H groups in total. The van der Waals surface area contributed by atoms with Crippen molar-refractivity contribution >= 4 is 5.96 Å². The average Bonchev–Trinajstić information content (AvgIpc) is 3.22. The summed E-state index contributed by atoms with van der Waals surface area (Å²) < 4.78 is 11.8. The Morgan fingerprint density at radius 1 is 1.19 bits per heavy atom. The second kappa shape index (κ2) is 13.7. The smallest absolute Gasteiger partial charge is 0.191 e. The Labute approximate surface area is 194 Å². The third-order valence-corrected chi connectivity index (χ3v) is 6.18. The fourth-order valence-electron chi connectivity index (χ4n) is 4.22. The molecule has 2 aliphatic rings. The van der Waals surface area contributed by atoms with E-state index in [0.717, 1.165) is 62.8 Å². The van der Waals surface area contributed by atoms with E-state index in [4.69, 9.17) is 14.5 Å². The van der Waals surface area contributed by atoms with Gasteiger partial charge in [0, 0.05) is 38.3 Å². The number of aryl methyl sites for hydroxylation is 1. The first-order chi connectivity index (χ1) is 15.6. The van der Waals surface area contributed by atoms with Gasteiger partial charge in [0.15, 0.2) is 5.96 Å². The summed E-state index contributed by atoms with van der Waals surface area (Å²) in [7, 11) is 2.22. The molecule has 32 heavy (non-hydrogen) atoms. The minimum atomic E-state index is 0.218. The average molecular weight is 446 g/mol. The van der Waals surface area contributed by atoms with Crippen molar-refractivity contribution in [3.8, 4) is 5.75 Å². The lowest BCUT2D eigenvalue weighted by Gasteiger charge is -2.20. The maximum Gasteiger partial charge on any atom is 0.191 e. The van der Waals surface area contributed by atoms with Crippen molar-refractivity contribution in [3.05, 3.63) is 29.3 Å².